The first kappa shape index (κ1) is 14.0. The van der Waals surface area contributed by atoms with E-state index in [-0.39, 0.29) is 5.60 Å². The molecule has 1 aliphatic heterocycles. The molecule has 0 radical (unpaired) electrons. The van der Waals surface area contributed by atoms with Gasteiger partial charge in [-0.05, 0) is 44.6 Å². The quantitative estimate of drug-likeness (QED) is 0.921. The zero-order valence-electron chi connectivity index (χ0n) is 12.5. The molecule has 2 aliphatic rings. The molecule has 0 amide bonds. The third-order valence-corrected chi connectivity index (χ3v) is 4.84. The molecular weight excluding hydrogens is 254 g/mol. The van der Waals surface area contributed by atoms with E-state index in [1.807, 2.05) is 0 Å². The van der Waals surface area contributed by atoms with E-state index >= 15 is 0 Å². The van der Waals surface area contributed by atoms with Gasteiger partial charge < -0.3 is 14.6 Å². The predicted molar refractivity (Wildman–Crippen MR) is 75.5 cm³/mol. The summed E-state index contributed by atoms with van der Waals surface area (Å²) in [6, 6.07) is 0. The molecule has 20 heavy (non-hydrogen) atoms. The number of hydrogen-bond acceptors (Lipinski definition) is 5. The summed E-state index contributed by atoms with van der Waals surface area (Å²) in [5.41, 5.74) is -0.332. The van der Waals surface area contributed by atoms with Crippen molar-refractivity contribution in [3.05, 3.63) is 11.7 Å². The van der Waals surface area contributed by atoms with Crippen LogP contribution in [0.5, 0.6) is 0 Å². The Morgan fingerprint density at radius 3 is 2.95 bits per heavy atom. The van der Waals surface area contributed by atoms with Crippen LogP contribution < -0.4 is 5.32 Å². The van der Waals surface area contributed by atoms with Crippen molar-refractivity contribution in [1.82, 2.24) is 15.5 Å². The molecule has 2 heterocycles. The Morgan fingerprint density at radius 2 is 2.25 bits per heavy atom. The van der Waals surface area contributed by atoms with E-state index in [9.17, 15) is 0 Å². The molecule has 1 aromatic heterocycles. The smallest absolute Gasteiger partial charge is 0.231 e. The molecule has 0 aromatic carbocycles. The van der Waals surface area contributed by atoms with Gasteiger partial charge >= 0.3 is 0 Å². The van der Waals surface area contributed by atoms with Crippen LogP contribution in [-0.2, 0) is 10.3 Å². The first-order valence-electron chi connectivity index (χ1n) is 7.83. The molecule has 0 spiro atoms. The van der Waals surface area contributed by atoms with Gasteiger partial charge in [0.1, 0.15) is 5.60 Å². The number of aromatic nitrogens is 2. The lowest BCUT2D eigenvalue weighted by Crippen LogP contribution is -2.35. The highest BCUT2D eigenvalue weighted by Gasteiger charge is 2.41. The maximum Gasteiger partial charge on any atom is 0.231 e. The van der Waals surface area contributed by atoms with E-state index in [1.54, 1.807) is 7.11 Å². The summed E-state index contributed by atoms with van der Waals surface area (Å²) >= 11 is 0. The van der Waals surface area contributed by atoms with E-state index in [1.165, 1.54) is 19.3 Å². The van der Waals surface area contributed by atoms with Crippen LogP contribution in [0.3, 0.4) is 0 Å². The zero-order chi connectivity index (χ0) is 14.0. The van der Waals surface area contributed by atoms with Crippen LogP contribution in [-0.4, -0.2) is 30.3 Å². The second-order valence-electron chi connectivity index (χ2n) is 6.40. The van der Waals surface area contributed by atoms with Gasteiger partial charge in [-0.1, -0.05) is 18.5 Å². The fraction of sp³-hybridized carbons (Fsp3) is 0.867. The zero-order valence-corrected chi connectivity index (χ0v) is 12.5. The van der Waals surface area contributed by atoms with E-state index in [2.05, 4.69) is 17.4 Å². The Labute approximate surface area is 120 Å². The van der Waals surface area contributed by atoms with Crippen LogP contribution in [0.2, 0.25) is 0 Å². The molecule has 1 saturated carbocycles. The standard InChI is InChI=1S/C15H25N3O2/c1-11-5-3-7-15(9-11,19-2)14-17-13(20-18-14)12-6-4-8-16-10-12/h11-12,16H,3-10H2,1-2H3/t11?,12-,15?/m1/s1. The molecule has 5 nitrogen and oxygen atoms in total. The molecule has 3 atom stereocenters. The Balaban J connectivity index is 1.80. The first-order valence-corrected chi connectivity index (χ1v) is 7.83. The molecule has 1 saturated heterocycles. The lowest BCUT2D eigenvalue weighted by atomic mass is 9.78. The van der Waals surface area contributed by atoms with Crippen molar-refractivity contribution in [3.63, 3.8) is 0 Å². The van der Waals surface area contributed by atoms with Gasteiger partial charge in [0, 0.05) is 13.7 Å². The first-order chi connectivity index (χ1) is 9.73. The minimum atomic E-state index is -0.332. The maximum absolute atomic E-state index is 5.84. The van der Waals surface area contributed by atoms with Crippen molar-refractivity contribution in [2.75, 3.05) is 20.2 Å². The summed E-state index contributed by atoms with van der Waals surface area (Å²) in [6.07, 6.45) is 6.73. The number of nitrogens with zero attached hydrogens (tertiary/aromatic N) is 2. The van der Waals surface area contributed by atoms with Crippen LogP contribution >= 0.6 is 0 Å². The predicted octanol–water partition coefficient (Wildman–Crippen LogP) is 2.59. The molecular formula is C15H25N3O2. The molecule has 5 heteroatoms. The Bertz CT molecular complexity index is 442. The highest BCUT2D eigenvalue weighted by molar-refractivity contribution is 5.06. The van der Waals surface area contributed by atoms with Crippen LogP contribution in [0, 0.1) is 5.92 Å². The lowest BCUT2D eigenvalue weighted by Gasteiger charge is -2.36. The third kappa shape index (κ3) is 2.61. The van der Waals surface area contributed by atoms with Crippen LogP contribution in [0.15, 0.2) is 4.52 Å². The fourth-order valence-corrected chi connectivity index (χ4v) is 3.63. The van der Waals surface area contributed by atoms with Gasteiger partial charge in [0.05, 0.1) is 5.92 Å². The van der Waals surface area contributed by atoms with Crippen LogP contribution in [0.1, 0.15) is 63.1 Å². The summed E-state index contributed by atoms with van der Waals surface area (Å²) in [5.74, 6) is 2.55. The van der Waals surface area contributed by atoms with Crippen molar-refractivity contribution in [2.45, 2.75) is 57.0 Å². The lowest BCUT2D eigenvalue weighted by molar-refractivity contribution is -0.0658. The minimum Gasteiger partial charge on any atom is -0.370 e. The number of methoxy groups -OCH3 is 1. The van der Waals surface area contributed by atoms with Crippen molar-refractivity contribution >= 4 is 0 Å². The van der Waals surface area contributed by atoms with Crippen molar-refractivity contribution in [3.8, 4) is 0 Å². The molecule has 2 fully saturated rings. The average molecular weight is 279 g/mol. The Kier molecular flexibility index (Phi) is 4.08. The summed E-state index contributed by atoms with van der Waals surface area (Å²) in [7, 11) is 1.77. The van der Waals surface area contributed by atoms with Crippen molar-refractivity contribution in [1.29, 1.82) is 0 Å². The largest absolute Gasteiger partial charge is 0.370 e. The van der Waals surface area contributed by atoms with E-state index < -0.39 is 0 Å². The summed E-state index contributed by atoms with van der Waals surface area (Å²) in [4.78, 5) is 4.69. The van der Waals surface area contributed by atoms with E-state index in [4.69, 9.17) is 14.2 Å². The molecule has 112 valence electrons. The molecule has 0 bridgehead atoms. The SMILES string of the molecule is COC1(c2noc([C@@H]3CCCNC3)n2)CCCC(C)C1. The highest BCUT2D eigenvalue weighted by atomic mass is 16.5. The van der Waals surface area contributed by atoms with Gasteiger partial charge in [0.15, 0.2) is 0 Å². The summed E-state index contributed by atoms with van der Waals surface area (Å²) in [5, 5.41) is 7.65. The summed E-state index contributed by atoms with van der Waals surface area (Å²) in [6.45, 7) is 4.31. The average Bonchev–Trinajstić information content (AvgIpc) is 2.98. The Morgan fingerprint density at radius 1 is 1.35 bits per heavy atom. The molecule has 1 N–H and O–H groups in total. The van der Waals surface area contributed by atoms with Gasteiger partial charge in [0.2, 0.25) is 11.7 Å². The van der Waals surface area contributed by atoms with Gasteiger partial charge in [-0.25, -0.2) is 0 Å². The molecule has 3 rings (SSSR count). The number of piperidine rings is 1. The number of nitrogens with one attached hydrogen (secondary N) is 1. The molecule has 1 aromatic rings. The second kappa shape index (κ2) is 5.82. The number of hydrogen-bond donors (Lipinski definition) is 1. The van der Waals surface area contributed by atoms with Crippen LogP contribution in [0.4, 0.5) is 0 Å². The van der Waals surface area contributed by atoms with Gasteiger partial charge in [-0.3, -0.25) is 0 Å². The van der Waals surface area contributed by atoms with Gasteiger partial charge in [-0.2, -0.15) is 4.98 Å². The Hall–Kier alpha value is -0.940. The third-order valence-electron chi connectivity index (χ3n) is 4.84. The number of rotatable bonds is 3. The van der Waals surface area contributed by atoms with E-state index in [0.29, 0.717) is 11.8 Å². The molecule has 2 unspecified atom stereocenters. The van der Waals surface area contributed by atoms with E-state index in [0.717, 1.165) is 44.1 Å². The highest BCUT2D eigenvalue weighted by Crippen LogP contribution is 2.41. The minimum absolute atomic E-state index is 0.332. The summed E-state index contributed by atoms with van der Waals surface area (Å²) < 4.78 is 11.4. The molecule has 1 aliphatic carbocycles. The fourth-order valence-electron chi connectivity index (χ4n) is 3.63. The number of ether oxygens (including phenoxy) is 1. The van der Waals surface area contributed by atoms with Gasteiger partial charge in [0.25, 0.3) is 0 Å². The van der Waals surface area contributed by atoms with Crippen LogP contribution in [0.25, 0.3) is 0 Å². The monoisotopic (exact) mass is 279 g/mol. The van der Waals surface area contributed by atoms with Crippen molar-refractivity contribution in [2.24, 2.45) is 5.92 Å². The second-order valence-corrected chi connectivity index (χ2v) is 6.40. The normalized spacial score (nSPS) is 35.1. The topological polar surface area (TPSA) is 60.2 Å². The van der Waals surface area contributed by atoms with Crippen molar-refractivity contribution < 1.29 is 9.26 Å². The maximum atomic E-state index is 5.84. The van der Waals surface area contributed by atoms with Gasteiger partial charge in [-0.15, -0.1) is 0 Å².